The van der Waals surface area contributed by atoms with E-state index >= 15 is 0 Å². The van der Waals surface area contributed by atoms with E-state index in [0.29, 0.717) is 0 Å². The second kappa shape index (κ2) is 4.63. The maximum Gasteiger partial charge on any atom is 0.407 e. The van der Waals surface area contributed by atoms with Gasteiger partial charge >= 0.3 is 6.09 Å². The molecule has 98 valence electrons. The fourth-order valence-corrected chi connectivity index (χ4v) is 2.41. The first-order chi connectivity index (χ1) is 8.35. The van der Waals surface area contributed by atoms with E-state index in [9.17, 15) is 4.79 Å². The van der Waals surface area contributed by atoms with Crippen molar-refractivity contribution in [1.82, 2.24) is 5.32 Å². The van der Waals surface area contributed by atoms with Gasteiger partial charge in [-0.3, -0.25) is 0 Å². The highest BCUT2D eigenvalue weighted by atomic mass is 16.6. The topological polar surface area (TPSA) is 38.3 Å². The Morgan fingerprint density at radius 3 is 2.67 bits per heavy atom. The summed E-state index contributed by atoms with van der Waals surface area (Å²) >= 11 is 0. The molecule has 1 N–H and O–H groups in total. The number of carbonyl (C=O) groups excluding carboxylic acids is 1. The summed E-state index contributed by atoms with van der Waals surface area (Å²) in [5.41, 5.74) is 3.58. The van der Waals surface area contributed by atoms with Crippen molar-refractivity contribution in [2.75, 3.05) is 0 Å². The van der Waals surface area contributed by atoms with Crippen LogP contribution in [0, 0.1) is 6.92 Å². The maximum absolute atomic E-state index is 11.7. The third kappa shape index (κ3) is 3.03. The van der Waals surface area contributed by atoms with Gasteiger partial charge in [-0.15, -0.1) is 0 Å². The summed E-state index contributed by atoms with van der Waals surface area (Å²) < 4.78 is 5.28. The van der Waals surface area contributed by atoms with E-state index in [-0.39, 0.29) is 12.1 Å². The van der Waals surface area contributed by atoms with Crippen molar-refractivity contribution in [2.24, 2.45) is 0 Å². The SMILES string of the molecule is Cc1cccc2c1CC(NC(=O)OC(C)(C)C)C2. The second-order valence-corrected chi connectivity index (χ2v) is 5.96. The minimum atomic E-state index is -0.439. The van der Waals surface area contributed by atoms with Gasteiger partial charge in [0.15, 0.2) is 0 Å². The summed E-state index contributed by atoms with van der Waals surface area (Å²) in [4.78, 5) is 11.7. The van der Waals surface area contributed by atoms with Crippen LogP contribution < -0.4 is 5.32 Å². The van der Waals surface area contributed by atoms with Crippen LogP contribution in [0.2, 0.25) is 0 Å². The Hall–Kier alpha value is -1.51. The fourth-order valence-electron chi connectivity index (χ4n) is 2.41. The van der Waals surface area contributed by atoms with Crippen LogP contribution in [-0.4, -0.2) is 17.7 Å². The smallest absolute Gasteiger partial charge is 0.407 e. The lowest BCUT2D eigenvalue weighted by atomic mass is 10.1. The molecule has 0 saturated heterocycles. The second-order valence-electron chi connectivity index (χ2n) is 5.96. The van der Waals surface area contributed by atoms with Crippen LogP contribution in [0.25, 0.3) is 0 Å². The third-order valence-corrected chi connectivity index (χ3v) is 3.14. The van der Waals surface area contributed by atoms with E-state index in [1.165, 1.54) is 16.7 Å². The predicted molar refractivity (Wildman–Crippen MR) is 71.7 cm³/mol. The molecule has 0 spiro atoms. The molecule has 2 rings (SSSR count). The first-order valence-electron chi connectivity index (χ1n) is 6.42. The summed E-state index contributed by atoms with van der Waals surface area (Å²) in [6.07, 6.45) is 1.48. The highest BCUT2D eigenvalue weighted by Crippen LogP contribution is 2.25. The first kappa shape index (κ1) is 12.9. The molecule has 3 nitrogen and oxygen atoms in total. The Balaban J connectivity index is 1.96. The summed E-state index contributed by atoms with van der Waals surface area (Å²) in [6, 6.07) is 6.49. The quantitative estimate of drug-likeness (QED) is 0.828. The number of hydrogen-bond donors (Lipinski definition) is 1. The Morgan fingerprint density at radius 1 is 1.33 bits per heavy atom. The fraction of sp³-hybridized carbons (Fsp3) is 0.533. The molecule has 0 aromatic heterocycles. The normalized spacial score (nSPS) is 18.3. The van der Waals surface area contributed by atoms with Crippen LogP contribution in [0.4, 0.5) is 4.79 Å². The molecule has 0 radical (unpaired) electrons. The van der Waals surface area contributed by atoms with Gasteiger partial charge in [0.05, 0.1) is 0 Å². The van der Waals surface area contributed by atoms with Crippen molar-refractivity contribution in [1.29, 1.82) is 0 Å². The molecule has 1 aromatic carbocycles. The zero-order valence-electron chi connectivity index (χ0n) is 11.5. The van der Waals surface area contributed by atoms with Crippen molar-refractivity contribution in [2.45, 2.75) is 52.2 Å². The van der Waals surface area contributed by atoms with Crippen molar-refractivity contribution < 1.29 is 9.53 Å². The number of alkyl carbamates (subject to hydrolysis) is 1. The van der Waals surface area contributed by atoms with Crippen LogP contribution in [-0.2, 0) is 17.6 Å². The van der Waals surface area contributed by atoms with Gasteiger partial charge in [-0.1, -0.05) is 18.2 Å². The molecule has 1 atom stereocenters. The number of benzene rings is 1. The van der Waals surface area contributed by atoms with E-state index in [2.05, 4.69) is 30.4 Å². The van der Waals surface area contributed by atoms with Crippen molar-refractivity contribution >= 4 is 6.09 Å². The van der Waals surface area contributed by atoms with E-state index in [0.717, 1.165) is 12.8 Å². The molecule has 0 heterocycles. The van der Waals surface area contributed by atoms with E-state index in [1.807, 2.05) is 20.8 Å². The monoisotopic (exact) mass is 247 g/mol. The Labute approximate surface area is 109 Å². The van der Waals surface area contributed by atoms with Crippen molar-refractivity contribution in [3.63, 3.8) is 0 Å². The molecule has 3 heteroatoms. The highest BCUT2D eigenvalue weighted by molar-refractivity contribution is 5.68. The molecule has 1 unspecified atom stereocenters. The van der Waals surface area contributed by atoms with Gasteiger partial charge in [0, 0.05) is 6.04 Å². The number of carbonyl (C=O) groups is 1. The molecule has 0 aliphatic heterocycles. The van der Waals surface area contributed by atoms with Gasteiger partial charge in [0.25, 0.3) is 0 Å². The molecule has 0 bridgehead atoms. The van der Waals surface area contributed by atoms with Gasteiger partial charge in [0.1, 0.15) is 5.60 Å². The molecule has 18 heavy (non-hydrogen) atoms. The molecule has 1 aliphatic carbocycles. The van der Waals surface area contributed by atoms with Crippen LogP contribution in [0.1, 0.15) is 37.5 Å². The van der Waals surface area contributed by atoms with Crippen LogP contribution in [0.5, 0.6) is 0 Å². The maximum atomic E-state index is 11.7. The zero-order valence-corrected chi connectivity index (χ0v) is 11.5. The summed E-state index contributed by atoms with van der Waals surface area (Å²) in [7, 11) is 0. The largest absolute Gasteiger partial charge is 0.444 e. The number of amides is 1. The lowest BCUT2D eigenvalue weighted by Crippen LogP contribution is -2.39. The number of hydrogen-bond acceptors (Lipinski definition) is 2. The van der Waals surface area contributed by atoms with Gasteiger partial charge in [0.2, 0.25) is 0 Å². The molecule has 0 fully saturated rings. The van der Waals surface area contributed by atoms with E-state index in [4.69, 9.17) is 4.74 Å². The Morgan fingerprint density at radius 2 is 2.06 bits per heavy atom. The lowest BCUT2D eigenvalue weighted by Gasteiger charge is -2.21. The van der Waals surface area contributed by atoms with Crippen LogP contribution >= 0.6 is 0 Å². The third-order valence-electron chi connectivity index (χ3n) is 3.14. The number of nitrogens with one attached hydrogen (secondary N) is 1. The minimum absolute atomic E-state index is 0.163. The van der Waals surface area contributed by atoms with Gasteiger partial charge in [-0.2, -0.15) is 0 Å². The molecule has 1 aromatic rings. The first-order valence-corrected chi connectivity index (χ1v) is 6.42. The average molecular weight is 247 g/mol. The number of rotatable bonds is 1. The molecule has 1 aliphatic rings. The Bertz CT molecular complexity index is 460. The van der Waals surface area contributed by atoms with E-state index in [1.54, 1.807) is 0 Å². The molecule has 0 saturated carbocycles. The van der Waals surface area contributed by atoms with Gasteiger partial charge < -0.3 is 10.1 Å². The molecular weight excluding hydrogens is 226 g/mol. The minimum Gasteiger partial charge on any atom is -0.444 e. The molecule has 1 amide bonds. The summed E-state index contributed by atoms with van der Waals surface area (Å²) in [5.74, 6) is 0. The summed E-state index contributed by atoms with van der Waals surface area (Å²) in [5, 5.41) is 2.95. The van der Waals surface area contributed by atoms with Gasteiger partial charge in [-0.05, 0) is 57.2 Å². The van der Waals surface area contributed by atoms with Crippen LogP contribution in [0.15, 0.2) is 18.2 Å². The number of fused-ring (bicyclic) bond motifs is 1. The highest BCUT2D eigenvalue weighted by Gasteiger charge is 2.25. The average Bonchev–Trinajstić information content (AvgIpc) is 2.58. The van der Waals surface area contributed by atoms with Crippen molar-refractivity contribution in [3.05, 3.63) is 34.9 Å². The summed E-state index contributed by atoms with van der Waals surface area (Å²) in [6.45, 7) is 7.75. The standard InChI is InChI=1S/C15H21NO2/c1-10-6-5-7-11-8-12(9-13(10)11)16-14(17)18-15(2,3)4/h5-7,12H,8-9H2,1-4H3,(H,16,17). The number of ether oxygens (including phenoxy) is 1. The van der Waals surface area contributed by atoms with Gasteiger partial charge in [-0.25, -0.2) is 4.79 Å². The molecular formula is C15H21NO2. The number of aryl methyl sites for hydroxylation is 1. The van der Waals surface area contributed by atoms with E-state index < -0.39 is 5.60 Å². The Kier molecular flexibility index (Phi) is 3.33. The predicted octanol–water partition coefficient (Wildman–Crippen LogP) is 2.99. The van der Waals surface area contributed by atoms with Crippen LogP contribution in [0.3, 0.4) is 0 Å². The zero-order chi connectivity index (χ0) is 13.3. The van der Waals surface area contributed by atoms with Crippen molar-refractivity contribution in [3.8, 4) is 0 Å². The lowest BCUT2D eigenvalue weighted by molar-refractivity contribution is 0.0506.